The summed E-state index contributed by atoms with van der Waals surface area (Å²) in [5.74, 6) is 1.20. The van der Waals surface area contributed by atoms with Gasteiger partial charge in [-0.05, 0) is 69.2 Å². The molecule has 0 unspecified atom stereocenters. The maximum absolute atomic E-state index is 11.6. The third kappa shape index (κ3) is 2.62. The van der Waals surface area contributed by atoms with Gasteiger partial charge in [-0.15, -0.1) is 0 Å². The molecule has 2 saturated carbocycles. The van der Waals surface area contributed by atoms with Crippen LogP contribution in [0.1, 0.15) is 55.8 Å². The van der Waals surface area contributed by atoms with E-state index in [1.54, 1.807) is 12.1 Å². The molecule has 0 atom stereocenters. The van der Waals surface area contributed by atoms with Crippen LogP contribution in [0.4, 0.5) is 0 Å². The molecule has 2 aliphatic carbocycles. The van der Waals surface area contributed by atoms with E-state index >= 15 is 0 Å². The highest BCUT2D eigenvalue weighted by Gasteiger charge is 2.58. The summed E-state index contributed by atoms with van der Waals surface area (Å²) in [6.45, 7) is 2.05. The number of benzene rings is 1. The Labute approximate surface area is 162 Å². The fourth-order valence-corrected chi connectivity index (χ4v) is 5.52. The number of rotatable bonds is 3. The number of hydrogen-bond donors (Lipinski definition) is 2. The predicted octanol–water partition coefficient (Wildman–Crippen LogP) is 4.88. The van der Waals surface area contributed by atoms with Crippen molar-refractivity contribution in [2.45, 2.75) is 50.0 Å². The van der Waals surface area contributed by atoms with Crippen molar-refractivity contribution < 1.29 is 9.63 Å². The van der Waals surface area contributed by atoms with Gasteiger partial charge in [0.1, 0.15) is 11.5 Å². The highest BCUT2D eigenvalue weighted by Crippen LogP contribution is 2.62. The van der Waals surface area contributed by atoms with Crippen molar-refractivity contribution in [1.82, 2.24) is 10.5 Å². The molecule has 2 heterocycles. The second-order valence-corrected chi connectivity index (χ2v) is 9.09. The monoisotopic (exact) mass is 392 g/mol. The lowest BCUT2D eigenvalue weighted by atomic mass is 9.53. The Kier molecular flexibility index (Phi) is 3.91. The van der Waals surface area contributed by atoms with E-state index < -0.39 is 5.60 Å². The summed E-state index contributed by atoms with van der Waals surface area (Å²) in [5.41, 5.74) is 1.46. The van der Waals surface area contributed by atoms with Crippen LogP contribution in [-0.2, 0) is 5.60 Å². The number of aliphatic hydroxyl groups is 1. The first kappa shape index (κ1) is 17.1. The Hall–Kier alpha value is -1.07. The summed E-state index contributed by atoms with van der Waals surface area (Å²) in [6.07, 6.45) is 5.92. The third-order valence-corrected chi connectivity index (χ3v) is 6.96. The first-order chi connectivity index (χ1) is 12.5. The lowest BCUT2D eigenvalue weighted by Gasteiger charge is -2.55. The quantitative estimate of drug-likeness (QED) is 0.781. The SMILES string of the molecule is OC1(c2c(-c3c(Cl)cccc3Cl)noc2C2CC2)CC2(CCNCC2)C1. The summed E-state index contributed by atoms with van der Waals surface area (Å²) >= 11 is 12.9. The van der Waals surface area contributed by atoms with Crippen LogP contribution in [0.2, 0.25) is 10.0 Å². The fraction of sp³-hybridized carbons (Fsp3) is 0.550. The molecular formula is C20H22Cl2N2O2. The van der Waals surface area contributed by atoms with Crippen LogP contribution >= 0.6 is 23.2 Å². The van der Waals surface area contributed by atoms with Gasteiger partial charge in [-0.1, -0.05) is 34.4 Å². The second-order valence-electron chi connectivity index (χ2n) is 8.28. The Morgan fingerprint density at radius 2 is 1.77 bits per heavy atom. The van der Waals surface area contributed by atoms with Crippen molar-refractivity contribution in [2.24, 2.45) is 5.41 Å². The molecular weight excluding hydrogens is 371 g/mol. The van der Waals surface area contributed by atoms with Gasteiger partial charge in [-0.25, -0.2) is 0 Å². The van der Waals surface area contributed by atoms with Crippen LogP contribution in [0.3, 0.4) is 0 Å². The summed E-state index contributed by atoms with van der Waals surface area (Å²) in [7, 11) is 0. The highest BCUT2D eigenvalue weighted by molar-refractivity contribution is 6.39. The van der Waals surface area contributed by atoms with Gasteiger partial charge < -0.3 is 14.9 Å². The predicted molar refractivity (Wildman–Crippen MR) is 102 cm³/mol. The number of aromatic nitrogens is 1. The van der Waals surface area contributed by atoms with E-state index in [1.165, 1.54) is 0 Å². The van der Waals surface area contributed by atoms with E-state index in [0.29, 0.717) is 27.2 Å². The standard InChI is InChI=1S/C20H22Cl2N2O2/c21-13-2-1-3-14(22)15(13)17-16(18(26-24-17)12-4-5-12)20(25)10-19(11-20)6-8-23-9-7-19/h1-3,12,23,25H,4-11H2. The largest absolute Gasteiger partial charge is 0.385 e. The van der Waals surface area contributed by atoms with Crippen LogP contribution in [0.25, 0.3) is 11.3 Å². The van der Waals surface area contributed by atoms with Crippen molar-refractivity contribution in [3.05, 3.63) is 39.6 Å². The molecule has 0 amide bonds. The number of nitrogens with one attached hydrogen (secondary N) is 1. The normalized spacial score (nSPS) is 23.8. The van der Waals surface area contributed by atoms with Crippen molar-refractivity contribution in [3.63, 3.8) is 0 Å². The van der Waals surface area contributed by atoms with Gasteiger partial charge in [0.2, 0.25) is 0 Å². The van der Waals surface area contributed by atoms with Gasteiger partial charge in [0, 0.05) is 11.5 Å². The molecule has 26 heavy (non-hydrogen) atoms. The van der Waals surface area contributed by atoms with Gasteiger partial charge in [-0.2, -0.15) is 0 Å². The number of piperidine rings is 1. The molecule has 2 aromatic rings. The van der Waals surface area contributed by atoms with E-state index in [0.717, 1.165) is 62.9 Å². The Balaban J connectivity index is 1.59. The van der Waals surface area contributed by atoms with Crippen LogP contribution in [0.5, 0.6) is 0 Å². The summed E-state index contributed by atoms with van der Waals surface area (Å²) in [5, 5.41) is 20.4. The summed E-state index contributed by atoms with van der Waals surface area (Å²) in [4.78, 5) is 0. The van der Waals surface area contributed by atoms with E-state index in [9.17, 15) is 5.11 Å². The van der Waals surface area contributed by atoms with Gasteiger partial charge in [0.05, 0.1) is 21.2 Å². The molecule has 138 valence electrons. The van der Waals surface area contributed by atoms with E-state index in [-0.39, 0.29) is 5.41 Å². The van der Waals surface area contributed by atoms with E-state index in [4.69, 9.17) is 27.7 Å². The first-order valence-corrected chi connectivity index (χ1v) is 10.1. The number of halogens is 2. The topological polar surface area (TPSA) is 58.3 Å². The Bertz CT molecular complexity index is 825. The average molecular weight is 393 g/mol. The van der Waals surface area contributed by atoms with Crippen LogP contribution in [0, 0.1) is 5.41 Å². The number of nitrogens with zero attached hydrogens (tertiary/aromatic N) is 1. The van der Waals surface area contributed by atoms with Crippen molar-refractivity contribution in [1.29, 1.82) is 0 Å². The fourth-order valence-electron chi connectivity index (χ4n) is 4.95. The maximum Gasteiger partial charge on any atom is 0.146 e. The minimum absolute atomic E-state index is 0.236. The molecule has 6 heteroatoms. The zero-order valence-corrected chi connectivity index (χ0v) is 16.0. The molecule has 2 N–H and O–H groups in total. The van der Waals surface area contributed by atoms with E-state index in [1.807, 2.05) is 6.07 Å². The molecule has 1 aliphatic heterocycles. The molecule has 4 nitrogen and oxygen atoms in total. The zero-order valence-electron chi connectivity index (χ0n) is 14.5. The van der Waals surface area contributed by atoms with Crippen LogP contribution < -0.4 is 5.32 Å². The molecule has 3 fully saturated rings. The Morgan fingerprint density at radius 3 is 2.38 bits per heavy atom. The molecule has 0 radical (unpaired) electrons. The zero-order chi connectivity index (χ0) is 17.9. The molecule has 1 saturated heterocycles. The van der Waals surface area contributed by atoms with Crippen LogP contribution in [0.15, 0.2) is 22.7 Å². The van der Waals surface area contributed by atoms with Crippen molar-refractivity contribution >= 4 is 23.2 Å². The van der Waals surface area contributed by atoms with E-state index in [2.05, 4.69) is 10.5 Å². The molecule has 1 aromatic heterocycles. The molecule has 3 aliphatic rings. The third-order valence-electron chi connectivity index (χ3n) is 6.33. The van der Waals surface area contributed by atoms with Crippen molar-refractivity contribution in [3.8, 4) is 11.3 Å². The first-order valence-electron chi connectivity index (χ1n) is 9.39. The average Bonchev–Trinajstić information content (AvgIpc) is 3.34. The highest BCUT2D eigenvalue weighted by atomic mass is 35.5. The Morgan fingerprint density at radius 1 is 1.12 bits per heavy atom. The van der Waals surface area contributed by atoms with Crippen molar-refractivity contribution in [2.75, 3.05) is 13.1 Å². The molecule has 1 spiro atoms. The minimum atomic E-state index is -0.896. The van der Waals surface area contributed by atoms with Gasteiger partial charge >= 0.3 is 0 Å². The van der Waals surface area contributed by atoms with Gasteiger partial charge in [0.25, 0.3) is 0 Å². The maximum atomic E-state index is 11.6. The summed E-state index contributed by atoms with van der Waals surface area (Å²) < 4.78 is 5.74. The van der Waals surface area contributed by atoms with Crippen LogP contribution in [-0.4, -0.2) is 23.4 Å². The molecule has 5 rings (SSSR count). The van der Waals surface area contributed by atoms with Gasteiger partial charge in [-0.3, -0.25) is 0 Å². The lowest BCUT2D eigenvalue weighted by Crippen LogP contribution is -2.54. The second kappa shape index (κ2) is 5.96. The summed E-state index contributed by atoms with van der Waals surface area (Å²) in [6, 6.07) is 5.42. The molecule has 0 bridgehead atoms. The number of hydrogen-bond acceptors (Lipinski definition) is 4. The van der Waals surface area contributed by atoms with Gasteiger partial charge in [0.15, 0.2) is 0 Å². The smallest absolute Gasteiger partial charge is 0.146 e. The lowest BCUT2D eigenvalue weighted by molar-refractivity contribution is -0.146. The molecule has 1 aromatic carbocycles. The minimum Gasteiger partial charge on any atom is -0.385 e.